The van der Waals surface area contributed by atoms with E-state index in [-0.39, 0.29) is 5.91 Å². The fourth-order valence-electron chi connectivity index (χ4n) is 1.74. The van der Waals surface area contributed by atoms with Crippen LogP contribution in [0.4, 0.5) is 5.13 Å². The third kappa shape index (κ3) is 3.89. The van der Waals surface area contributed by atoms with Gasteiger partial charge in [-0.25, -0.2) is 0 Å². The highest BCUT2D eigenvalue weighted by molar-refractivity contribution is 8.01. The van der Waals surface area contributed by atoms with Crippen molar-refractivity contribution in [2.75, 3.05) is 19.5 Å². The minimum absolute atomic E-state index is 0.312. The van der Waals surface area contributed by atoms with Crippen molar-refractivity contribution >= 4 is 34.1 Å². The Balaban J connectivity index is 2.17. The lowest BCUT2D eigenvalue weighted by molar-refractivity contribution is 0.102. The number of rotatable bonds is 6. The molecule has 1 aromatic heterocycles. The predicted octanol–water partition coefficient (Wildman–Crippen LogP) is 3.31. The molecule has 0 aliphatic carbocycles. The van der Waals surface area contributed by atoms with E-state index >= 15 is 0 Å². The summed E-state index contributed by atoms with van der Waals surface area (Å²) in [7, 11) is 3.02. The molecule has 1 heterocycles. The molecule has 0 atom stereocenters. The Kier molecular flexibility index (Phi) is 5.62. The van der Waals surface area contributed by atoms with Gasteiger partial charge in [0.1, 0.15) is 0 Å². The molecule has 118 valence electrons. The molecule has 1 aromatic carbocycles. The molecule has 0 saturated heterocycles. The highest BCUT2D eigenvalue weighted by Gasteiger charge is 2.18. The van der Waals surface area contributed by atoms with Gasteiger partial charge in [0.25, 0.3) is 5.91 Å². The van der Waals surface area contributed by atoms with Crippen molar-refractivity contribution in [2.45, 2.75) is 23.4 Å². The molecule has 22 heavy (non-hydrogen) atoms. The largest absolute Gasteiger partial charge is 0.493 e. The molecule has 0 spiro atoms. The number of methoxy groups -OCH3 is 2. The van der Waals surface area contributed by atoms with Crippen LogP contribution in [-0.4, -0.2) is 35.6 Å². The number of thioether (sulfide) groups is 1. The number of para-hydroxylation sites is 1. The average molecular weight is 339 g/mol. The van der Waals surface area contributed by atoms with Crippen LogP contribution in [0.3, 0.4) is 0 Å². The standard InChI is InChI=1S/C14H17N3O3S2/c1-8(2)21-14-17-16-13(22-14)15-12(18)9-6-5-7-10(19-3)11(9)20-4/h5-8H,1-4H3,(H,15,16,18). The van der Waals surface area contributed by atoms with Crippen LogP contribution in [0.2, 0.25) is 0 Å². The van der Waals surface area contributed by atoms with Crippen molar-refractivity contribution in [3.05, 3.63) is 23.8 Å². The van der Waals surface area contributed by atoms with Crippen LogP contribution < -0.4 is 14.8 Å². The van der Waals surface area contributed by atoms with Gasteiger partial charge in [0.05, 0.1) is 19.8 Å². The van der Waals surface area contributed by atoms with Crippen LogP contribution in [0.25, 0.3) is 0 Å². The number of ether oxygens (including phenoxy) is 2. The molecule has 0 aliphatic rings. The van der Waals surface area contributed by atoms with Gasteiger partial charge in [-0.1, -0.05) is 43.0 Å². The van der Waals surface area contributed by atoms with E-state index in [4.69, 9.17) is 9.47 Å². The first-order valence-electron chi connectivity index (χ1n) is 6.57. The first kappa shape index (κ1) is 16.6. The van der Waals surface area contributed by atoms with E-state index in [2.05, 4.69) is 29.4 Å². The van der Waals surface area contributed by atoms with Gasteiger partial charge in [-0.05, 0) is 12.1 Å². The zero-order valence-electron chi connectivity index (χ0n) is 12.7. The highest BCUT2D eigenvalue weighted by atomic mass is 32.2. The lowest BCUT2D eigenvalue weighted by Crippen LogP contribution is -2.13. The Hall–Kier alpha value is -1.80. The fourth-order valence-corrected chi connectivity index (χ4v) is 3.71. The number of carbonyl (C=O) groups excluding carboxylic acids is 1. The van der Waals surface area contributed by atoms with Crippen LogP contribution in [0.5, 0.6) is 11.5 Å². The zero-order valence-corrected chi connectivity index (χ0v) is 14.4. The molecule has 0 radical (unpaired) electrons. The summed E-state index contributed by atoms with van der Waals surface area (Å²) in [6.07, 6.45) is 0. The fraction of sp³-hybridized carbons (Fsp3) is 0.357. The number of benzene rings is 1. The van der Waals surface area contributed by atoms with E-state index in [1.807, 2.05) is 0 Å². The maximum absolute atomic E-state index is 12.4. The number of anilines is 1. The molecule has 2 rings (SSSR count). The summed E-state index contributed by atoms with van der Waals surface area (Å²) in [5.41, 5.74) is 0.384. The van der Waals surface area contributed by atoms with Crippen LogP contribution in [0.15, 0.2) is 22.5 Å². The van der Waals surface area contributed by atoms with Gasteiger partial charge in [-0.15, -0.1) is 10.2 Å². The normalized spacial score (nSPS) is 10.6. The van der Waals surface area contributed by atoms with Gasteiger partial charge in [0, 0.05) is 5.25 Å². The summed E-state index contributed by atoms with van der Waals surface area (Å²) >= 11 is 2.95. The average Bonchev–Trinajstić information content (AvgIpc) is 2.92. The molecule has 0 unspecified atom stereocenters. The lowest BCUT2D eigenvalue weighted by atomic mass is 10.1. The van der Waals surface area contributed by atoms with Crippen molar-refractivity contribution in [2.24, 2.45) is 0 Å². The van der Waals surface area contributed by atoms with E-state index < -0.39 is 0 Å². The van der Waals surface area contributed by atoms with Gasteiger partial charge >= 0.3 is 0 Å². The molecular formula is C14H17N3O3S2. The van der Waals surface area contributed by atoms with E-state index in [9.17, 15) is 4.79 Å². The number of hydrogen-bond acceptors (Lipinski definition) is 7. The highest BCUT2D eigenvalue weighted by Crippen LogP contribution is 2.32. The second-order valence-electron chi connectivity index (χ2n) is 4.53. The number of hydrogen-bond donors (Lipinski definition) is 1. The quantitative estimate of drug-likeness (QED) is 0.643. The molecule has 1 amide bonds. The van der Waals surface area contributed by atoms with Crippen LogP contribution in [-0.2, 0) is 0 Å². The Morgan fingerprint density at radius 2 is 2.05 bits per heavy atom. The molecule has 6 nitrogen and oxygen atoms in total. The topological polar surface area (TPSA) is 73.3 Å². The molecule has 0 saturated carbocycles. The summed E-state index contributed by atoms with van der Waals surface area (Å²) < 4.78 is 11.3. The molecule has 0 bridgehead atoms. The molecule has 0 aliphatic heterocycles. The molecule has 0 fully saturated rings. The summed E-state index contributed by atoms with van der Waals surface area (Å²) in [6.45, 7) is 4.15. The molecule has 2 aromatic rings. The third-order valence-electron chi connectivity index (χ3n) is 2.61. The summed E-state index contributed by atoms with van der Waals surface area (Å²) in [4.78, 5) is 12.4. The van der Waals surface area contributed by atoms with Gasteiger partial charge in [-0.2, -0.15) is 0 Å². The van der Waals surface area contributed by atoms with Gasteiger partial charge in [0.15, 0.2) is 15.8 Å². The molecule has 1 N–H and O–H groups in total. The Morgan fingerprint density at radius 1 is 1.27 bits per heavy atom. The van der Waals surface area contributed by atoms with Crippen molar-refractivity contribution in [3.63, 3.8) is 0 Å². The predicted molar refractivity (Wildman–Crippen MR) is 88.4 cm³/mol. The van der Waals surface area contributed by atoms with E-state index in [1.54, 1.807) is 30.0 Å². The number of nitrogens with zero attached hydrogens (tertiary/aromatic N) is 2. The Labute approximate surface area is 137 Å². The van der Waals surface area contributed by atoms with Gasteiger partial charge in [0.2, 0.25) is 5.13 Å². The minimum Gasteiger partial charge on any atom is -0.493 e. The first-order chi connectivity index (χ1) is 10.5. The second kappa shape index (κ2) is 7.46. The zero-order chi connectivity index (χ0) is 16.1. The monoisotopic (exact) mass is 339 g/mol. The Bertz CT molecular complexity index is 659. The van der Waals surface area contributed by atoms with Crippen LogP contribution in [0, 0.1) is 0 Å². The lowest BCUT2D eigenvalue weighted by Gasteiger charge is -2.11. The maximum Gasteiger partial charge on any atom is 0.261 e. The van der Waals surface area contributed by atoms with E-state index in [1.165, 1.54) is 25.6 Å². The van der Waals surface area contributed by atoms with Gasteiger partial charge in [-0.3, -0.25) is 10.1 Å². The van der Waals surface area contributed by atoms with Crippen molar-refractivity contribution in [1.82, 2.24) is 10.2 Å². The van der Waals surface area contributed by atoms with Crippen LogP contribution in [0.1, 0.15) is 24.2 Å². The summed E-state index contributed by atoms with van der Waals surface area (Å²) in [5, 5.41) is 11.6. The SMILES string of the molecule is COc1cccc(C(=O)Nc2nnc(SC(C)C)s2)c1OC. The maximum atomic E-state index is 12.4. The smallest absolute Gasteiger partial charge is 0.261 e. The number of aromatic nitrogens is 2. The number of nitrogens with one attached hydrogen (secondary N) is 1. The van der Waals surface area contributed by atoms with Crippen molar-refractivity contribution in [1.29, 1.82) is 0 Å². The second-order valence-corrected chi connectivity index (χ2v) is 7.34. The third-order valence-corrected chi connectivity index (χ3v) is 4.54. The van der Waals surface area contributed by atoms with E-state index in [0.717, 1.165) is 4.34 Å². The van der Waals surface area contributed by atoms with E-state index in [0.29, 0.717) is 27.4 Å². The van der Waals surface area contributed by atoms with Gasteiger partial charge < -0.3 is 9.47 Å². The van der Waals surface area contributed by atoms with Crippen molar-refractivity contribution in [3.8, 4) is 11.5 Å². The number of carbonyl (C=O) groups is 1. The first-order valence-corrected chi connectivity index (χ1v) is 8.27. The van der Waals surface area contributed by atoms with Crippen molar-refractivity contribution < 1.29 is 14.3 Å². The summed E-state index contributed by atoms with van der Waals surface area (Å²) in [5.74, 6) is 0.584. The Morgan fingerprint density at radius 3 is 2.68 bits per heavy atom. The summed E-state index contributed by atoms with van der Waals surface area (Å²) in [6, 6.07) is 5.13. The minimum atomic E-state index is -0.312. The number of amides is 1. The molecular weight excluding hydrogens is 322 g/mol. The van der Waals surface area contributed by atoms with Crippen LogP contribution >= 0.6 is 23.1 Å². The molecule has 8 heteroatoms.